The van der Waals surface area contributed by atoms with Gasteiger partial charge in [-0.3, -0.25) is 0 Å². The molecule has 2 aromatic rings. The molecule has 0 fully saturated rings. The maximum Gasteiger partial charge on any atom is 0.336 e. The lowest BCUT2D eigenvalue weighted by molar-refractivity contribution is -0.133. The van der Waals surface area contributed by atoms with Crippen LogP contribution in [-0.4, -0.2) is 30.4 Å². The second kappa shape index (κ2) is 9.67. The van der Waals surface area contributed by atoms with Crippen molar-refractivity contribution in [1.29, 1.82) is 0 Å². The Morgan fingerprint density at radius 3 is 2.55 bits per heavy atom. The van der Waals surface area contributed by atoms with Crippen molar-refractivity contribution in [3.05, 3.63) is 76.2 Å². The smallest absolute Gasteiger partial charge is 0.336 e. The average Bonchev–Trinajstić information content (AvgIpc) is 2.80. The van der Waals surface area contributed by atoms with Crippen LogP contribution in [0, 0.1) is 0 Å². The van der Waals surface area contributed by atoms with E-state index in [2.05, 4.69) is 12.6 Å². The minimum absolute atomic E-state index is 0.0292. The first-order chi connectivity index (χ1) is 15.9. The lowest BCUT2D eigenvalue weighted by Crippen LogP contribution is -2.24. The van der Waals surface area contributed by atoms with Crippen LogP contribution >= 0.6 is 12.6 Å². The lowest BCUT2D eigenvalue weighted by Gasteiger charge is -2.31. The fraction of sp³-hybridized carbons (Fsp3) is 0.269. The van der Waals surface area contributed by atoms with Gasteiger partial charge in [-0.15, -0.1) is 12.6 Å². The molecule has 1 N–H and O–H groups in total. The number of carbonyl (C=O) groups is 1. The molecule has 1 unspecified atom stereocenters. The number of hydrogen-bond acceptors (Lipinski definition) is 6. The van der Waals surface area contributed by atoms with Crippen LogP contribution in [0.2, 0.25) is 0 Å². The molecule has 33 heavy (non-hydrogen) atoms. The molecule has 0 bridgehead atoms. The maximum atomic E-state index is 12.6. The average molecular weight is 467 g/mol. The topological polar surface area (TPSA) is 74.2 Å². The minimum atomic E-state index is -1.09. The van der Waals surface area contributed by atoms with Crippen LogP contribution in [0.5, 0.6) is 23.0 Å². The molecule has 0 saturated heterocycles. The molecule has 172 valence electrons. The van der Waals surface area contributed by atoms with Gasteiger partial charge in [0.2, 0.25) is 0 Å². The standard InChI is InChI=1S/C26H26O6S/c1-4-5-6-22(33)23-18-14-17(31-15(2)3)8-10-19(18)32-25(24(23)26(27)28)16-7-9-20-21(13-16)30-12-11-29-20/h4-10,13-15,25,33H,11-12H2,1-3H3,(H,27,28)/b5-4+,22-6-. The molecule has 7 heteroatoms. The number of carboxylic acid groups (broad SMARTS) is 1. The van der Waals surface area contributed by atoms with E-state index in [1.165, 1.54) is 0 Å². The van der Waals surface area contributed by atoms with Crippen molar-refractivity contribution >= 4 is 24.2 Å². The van der Waals surface area contributed by atoms with Gasteiger partial charge in [0.15, 0.2) is 17.6 Å². The summed E-state index contributed by atoms with van der Waals surface area (Å²) in [6.45, 7) is 6.66. The number of aliphatic carboxylic acids is 1. The molecule has 0 saturated carbocycles. The SMILES string of the molecule is C/C=C/C=C(\S)C1=C(C(=O)O)C(c2ccc3c(c2)OCCO3)Oc2ccc(OC(C)C)cc21. The second-order valence-corrected chi connectivity index (χ2v) is 8.38. The summed E-state index contributed by atoms with van der Waals surface area (Å²) in [5.41, 5.74) is 1.84. The predicted molar refractivity (Wildman–Crippen MR) is 129 cm³/mol. The Bertz CT molecular complexity index is 1160. The van der Waals surface area contributed by atoms with Gasteiger partial charge in [0.05, 0.1) is 11.7 Å². The second-order valence-electron chi connectivity index (χ2n) is 7.90. The monoisotopic (exact) mass is 466 g/mol. The number of hydrogen-bond donors (Lipinski definition) is 2. The zero-order valence-electron chi connectivity index (χ0n) is 18.7. The van der Waals surface area contributed by atoms with E-state index in [4.69, 9.17) is 18.9 Å². The van der Waals surface area contributed by atoms with Gasteiger partial charge in [0, 0.05) is 21.6 Å². The van der Waals surface area contributed by atoms with Crippen LogP contribution in [0.3, 0.4) is 0 Å². The molecule has 6 nitrogen and oxygen atoms in total. The summed E-state index contributed by atoms with van der Waals surface area (Å²) in [6, 6.07) is 10.8. The maximum absolute atomic E-state index is 12.6. The highest BCUT2D eigenvalue weighted by Gasteiger charge is 2.36. The molecule has 2 aliphatic heterocycles. The Morgan fingerprint density at radius 2 is 1.85 bits per heavy atom. The largest absolute Gasteiger partial charge is 0.491 e. The van der Waals surface area contributed by atoms with Crippen molar-refractivity contribution in [2.24, 2.45) is 0 Å². The van der Waals surface area contributed by atoms with Crippen molar-refractivity contribution in [3.63, 3.8) is 0 Å². The molecular formula is C26H26O6S. The highest BCUT2D eigenvalue weighted by Crippen LogP contribution is 2.48. The molecule has 0 radical (unpaired) electrons. The predicted octanol–water partition coefficient (Wildman–Crippen LogP) is 5.61. The van der Waals surface area contributed by atoms with Gasteiger partial charge in [-0.1, -0.05) is 18.2 Å². The number of allylic oxidation sites excluding steroid dienone is 4. The third-order valence-electron chi connectivity index (χ3n) is 5.17. The van der Waals surface area contributed by atoms with Crippen molar-refractivity contribution < 1.29 is 28.8 Å². The van der Waals surface area contributed by atoms with E-state index in [1.54, 1.807) is 36.4 Å². The summed E-state index contributed by atoms with van der Waals surface area (Å²) >= 11 is 4.67. The van der Waals surface area contributed by atoms with E-state index in [0.717, 1.165) is 0 Å². The van der Waals surface area contributed by atoms with Crippen LogP contribution in [0.15, 0.2) is 65.1 Å². The fourth-order valence-corrected chi connectivity index (χ4v) is 4.17. The molecule has 0 aliphatic carbocycles. The highest BCUT2D eigenvalue weighted by molar-refractivity contribution is 7.85. The third-order valence-corrected chi connectivity index (χ3v) is 5.54. The van der Waals surface area contributed by atoms with Gasteiger partial charge < -0.3 is 24.1 Å². The molecule has 0 amide bonds. The highest BCUT2D eigenvalue weighted by atomic mass is 32.1. The molecule has 2 heterocycles. The summed E-state index contributed by atoms with van der Waals surface area (Å²) in [5, 5.41) is 10.3. The van der Waals surface area contributed by atoms with Crippen LogP contribution in [0.1, 0.15) is 38.0 Å². The van der Waals surface area contributed by atoms with E-state index in [1.807, 2.05) is 39.0 Å². The number of ether oxygens (including phenoxy) is 4. The van der Waals surface area contributed by atoms with Crippen LogP contribution in [0.25, 0.3) is 5.57 Å². The van der Waals surface area contributed by atoms with Crippen molar-refractivity contribution in [1.82, 2.24) is 0 Å². The first-order valence-electron chi connectivity index (χ1n) is 10.8. The molecule has 4 rings (SSSR count). The lowest BCUT2D eigenvalue weighted by atomic mass is 9.88. The first-order valence-corrected chi connectivity index (χ1v) is 11.2. The molecular weight excluding hydrogens is 440 g/mol. The first kappa shape index (κ1) is 22.9. The van der Waals surface area contributed by atoms with E-state index >= 15 is 0 Å². The molecule has 0 aromatic heterocycles. The molecule has 2 aromatic carbocycles. The number of carboxylic acids is 1. The van der Waals surface area contributed by atoms with Gasteiger partial charge in [-0.2, -0.15) is 0 Å². The van der Waals surface area contributed by atoms with Crippen LogP contribution in [-0.2, 0) is 4.79 Å². The Hall–Kier alpha value is -3.32. The van der Waals surface area contributed by atoms with E-state index in [-0.39, 0.29) is 11.7 Å². The van der Waals surface area contributed by atoms with E-state index < -0.39 is 12.1 Å². The number of rotatable bonds is 6. The van der Waals surface area contributed by atoms with Crippen molar-refractivity contribution in [2.45, 2.75) is 33.0 Å². The van der Waals surface area contributed by atoms with Gasteiger partial charge in [0.1, 0.15) is 24.7 Å². The quantitative estimate of drug-likeness (QED) is 0.426. The summed E-state index contributed by atoms with van der Waals surface area (Å²) in [7, 11) is 0. The number of fused-ring (bicyclic) bond motifs is 2. The normalized spacial score (nSPS) is 17.7. The number of thiol groups is 1. The summed E-state index contributed by atoms with van der Waals surface area (Å²) < 4.78 is 23.4. The number of benzene rings is 2. The van der Waals surface area contributed by atoms with Crippen molar-refractivity contribution in [3.8, 4) is 23.0 Å². The van der Waals surface area contributed by atoms with Gasteiger partial charge in [0.25, 0.3) is 0 Å². The van der Waals surface area contributed by atoms with Gasteiger partial charge in [-0.05, 0) is 57.2 Å². The van der Waals surface area contributed by atoms with E-state index in [0.29, 0.717) is 57.8 Å². The summed E-state index contributed by atoms with van der Waals surface area (Å²) in [6.07, 6.45) is 4.55. The summed E-state index contributed by atoms with van der Waals surface area (Å²) in [5.74, 6) is 1.27. The third kappa shape index (κ3) is 4.73. The Morgan fingerprint density at radius 1 is 1.12 bits per heavy atom. The Labute approximate surface area is 198 Å². The van der Waals surface area contributed by atoms with Crippen LogP contribution in [0.4, 0.5) is 0 Å². The van der Waals surface area contributed by atoms with Gasteiger partial charge >= 0.3 is 5.97 Å². The fourth-order valence-electron chi connectivity index (χ4n) is 3.84. The minimum Gasteiger partial charge on any atom is -0.491 e. The van der Waals surface area contributed by atoms with Crippen LogP contribution < -0.4 is 18.9 Å². The molecule has 1 atom stereocenters. The van der Waals surface area contributed by atoms with E-state index in [9.17, 15) is 9.90 Å². The Kier molecular flexibility index (Phi) is 6.70. The Balaban J connectivity index is 1.91. The van der Waals surface area contributed by atoms with Crippen molar-refractivity contribution in [2.75, 3.05) is 13.2 Å². The van der Waals surface area contributed by atoms with Gasteiger partial charge in [-0.25, -0.2) is 4.79 Å². The zero-order chi connectivity index (χ0) is 23.5. The molecule has 0 spiro atoms. The molecule has 2 aliphatic rings. The summed E-state index contributed by atoms with van der Waals surface area (Å²) in [4.78, 5) is 13.1. The zero-order valence-corrected chi connectivity index (χ0v) is 19.6.